The Morgan fingerprint density at radius 1 is 1.29 bits per heavy atom. The van der Waals surface area contributed by atoms with Crippen molar-refractivity contribution in [2.75, 3.05) is 6.54 Å². The van der Waals surface area contributed by atoms with E-state index >= 15 is 0 Å². The third kappa shape index (κ3) is 1.65. The Hall–Kier alpha value is -0.930. The molecule has 0 aliphatic carbocycles. The van der Waals surface area contributed by atoms with Gasteiger partial charge in [0, 0.05) is 22.2 Å². The van der Waals surface area contributed by atoms with Gasteiger partial charge in [0.2, 0.25) is 0 Å². The number of rotatable bonds is 1. The number of hydrogen-bond donors (Lipinski definition) is 2. The van der Waals surface area contributed by atoms with Gasteiger partial charge in [0.25, 0.3) is 0 Å². The Bertz CT molecular complexity index is 361. The maximum Gasteiger partial charge on any atom is 0.315 e. The smallest absolute Gasteiger partial charge is 0.315 e. The fourth-order valence-corrected chi connectivity index (χ4v) is 2.13. The molecular weight excluding hydrogens is 223 g/mol. The average molecular weight is 231 g/mol. The first-order valence-electron chi connectivity index (χ1n) is 4.17. The summed E-state index contributed by atoms with van der Waals surface area (Å²) in [6, 6.07) is 4.97. The van der Waals surface area contributed by atoms with E-state index in [0.29, 0.717) is 16.6 Å². The first kappa shape index (κ1) is 9.62. The van der Waals surface area contributed by atoms with Gasteiger partial charge in [0.1, 0.15) is 0 Å². The Kier molecular flexibility index (Phi) is 2.52. The van der Waals surface area contributed by atoms with Gasteiger partial charge in [-0.05, 0) is 12.1 Å². The van der Waals surface area contributed by atoms with Gasteiger partial charge in [-0.1, -0.05) is 29.3 Å². The lowest BCUT2D eigenvalue weighted by molar-refractivity contribution is 0.247. The van der Waals surface area contributed by atoms with Crippen LogP contribution in [-0.4, -0.2) is 12.6 Å². The third-order valence-corrected chi connectivity index (χ3v) is 2.78. The summed E-state index contributed by atoms with van der Waals surface area (Å²) < 4.78 is 0. The molecule has 0 aromatic heterocycles. The van der Waals surface area contributed by atoms with Crippen LogP contribution in [0.1, 0.15) is 11.6 Å². The van der Waals surface area contributed by atoms with Gasteiger partial charge in [-0.3, -0.25) is 0 Å². The number of urea groups is 1. The van der Waals surface area contributed by atoms with E-state index in [0.717, 1.165) is 5.56 Å². The number of hydrogen-bond acceptors (Lipinski definition) is 1. The highest BCUT2D eigenvalue weighted by Gasteiger charge is 2.25. The van der Waals surface area contributed by atoms with Crippen LogP contribution in [0, 0.1) is 0 Å². The van der Waals surface area contributed by atoms with Gasteiger partial charge < -0.3 is 10.6 Å². The molecule has 5 heteroatoms. The highest BCUT2D eigenvalue weighted by molar-refractivity contribution is 6.36. The minimum Gasteiger partial charge on any atom is -0.336 e. The molecule has 0 spiro atoms. The molecule has 74 valence electrons. The molecule has 2 rings (SSSR count). The molecule has 0 unspecified atom stereocenters. The van der Waals surface area contributed by atoms with Gasteiger partial charge in [-0.2, -0.15) is 0 Å². The standard InChI is InChI=1S/C9H8Cl2N2O/c10-5-2-1-3-6(11)8(5)7-4-12-9(14)13-7/h1-3,7H,4H2,(H2,12,13,14)/t7-/m0/s1. The van der Waals surface area contributed by atoms with E-state index in [-0.39, 0.29) is 12.1 Å². The quantitative estimate of drug-likeness (QED) is 0.765. The normalized spacial score (nSPS) is 20.4. The van der Waals surface area contributed by atoms with Crippen molar-refractivity contribution in [1.29, 1.82) is 0 Å². The van der Waals surface area contributed by atoms with Crippen molar-refractivity contribution in [2.24, 2.45) is 0 Å². The van der Waals surface area contributed by atoms with Crippen molar-refractivity contribution in [3.8, 4) is 0 Å². The summed E-state index contributed by atoms with van der Waals surface area (Å²) >= 11 is 12.0. The lowest BCUT2D eigenvalue weighted by Gasteiger charge is -2.12. The molecule has 1 aliphatic rings. The molecule has 1 aromatic carbocycles. The molecule has 1 aromatic rings. The van der Waals surface area contributed by atoms with Gasteiger partial charge in [-0.15, -0.1) is 0 Å². The van der Waals surface area contributed by atoms with Gasteiger partial charge in [0.15, 0.2) is 0 Å². The van der Waals surface area contributed by atoms with Crippen LogP contribution in [0.4, 0.5) is 4.79 Å². The molecule has 0 saturated carbocycles. The Labute approximate surface area is 91.4 Å². The van der Waals surface area contributed by atoms with E-state index < -0.39 is 0 Å². The number of halogens is 2. The van der Waals surface area contributed by atoms with Crippen molar-refractivity contribution in [1.82, 2.24) is 10.6 Å². The second-order valence-corrected chi connectivity index (χ2v) is 3.86. The Morgan fingerprint density at radius 3 is 2.43 bits per heavy atom. The van der Waals surface area contributed by atoms with Crippen LogP contribution in [0.5, 0.6) is 0 Å². The zero-order valence-electron chi connectivity index (χ0n) is 7.18. The third-order valence-electron chi connectivity index (χ3n) is 2.12. The predicted octanol–water partition coefficient (Wildman–Crippen LogP) is 2.35. The molecule has 1 atom stereocenters. The van der Waals surface area contributed by atoms with Crippen LogP contribution in [0.3, 0.4) is 0 Å². The van der Waals surface area contributed by atoms with Crippen LogP contribution in [0.15, 0.2) is 18.2 Å². The first-order valence-corrected chi connectivity index (χ1v) is 4.92. The highest BCUT2D eigenvalue weighted by Crippen LogP contribution is 2.30. The molecule has 1 heterocycles. The van der Waals surface area contributed by atoms with Crippen molar-refractivity contribution in [2.45, 2.75) is 6.04 Å². The summed E-state index contributed by atoms with van der Waals surface area (Å²) in [7, 11) is 0. The van der Waals surface area contributed by atoms with Crippen LogP contribution in [0.2, 0.25) is 10.0 Å². The fourth-order valence-electron chi connectivity index (χ4n) is 1.47. The average Bonchev–Trinajstić information content (AvgIpc) is 2.51. The lowest BCUT2D eigenvalue weighted by atomic mass is 10.1. The van der Waals surface area contributed by atoms with E-state index in [2.05, 4.69) is 10.6 Å². The van der Waals surface area contributed by atoms with E-state index in [4.69, 9.17) is 23.2 Å². The topological polar surface area (TPSA) is 41.1 Å². The summed E-state index contributed by atoms with van der Waals surface area (Å²) in [6.07, 6.45) is 0. The van der Waals surface area contributed by atoms with Crippen LogP contribution in [-0.2, 0) is 0 Å². The SMILES string of the molecule is O=C1NC[C@@H](c2c(Cl)cccc2Cl)N1. The molecule has 2 amide bonds. The van der Waals surface area contributed by atoms with Crippen LogP contribution in [0.25, 0.3) is 0 Å². The van der Waals surface area contributed by atoms with Crippen LogP contribution >= 0.6 is 23.2 Å². The fraction of sp³-hybridized carbons (Fsp3) is 0.222. The predicted molar refractivity (Wildman–Crippen MR) is 55.7 cm³/mol. The molecule has 0 radical (unpaired) electrons. The maximum atomic E-state index is 10.9. The monoisotopic (exact) mass is 230 g/mol. The largest absolute Gasteiger partial charge is 0.336 e. The Morgan fingerprint density at radius 2 is 1.93 bits per heavy atom. The molecule has 1 saturated heterocycles. The van der Waals surface area contributed by atoms with Crippen molar-refractivity contribution in [3.63, 3.8) is 0 Å². The summed E-state index contributed by atoms with van der Waals surface area (Å²) in [5.41, 5.74) is 0.772. The van der Waals surface area contributed by atoms with Crippen LogP contribution < -0.4 is 10.6 Å². The summed E-state index contributed by atoms with van der Waals surface area (Å²) in [6.45, 7) is 0.516. The van der Waals surface area contributed by atoms with E-state index in [1.807, 2.05) is 0 Å². The van der Waals surface area contributed by atoms with Gasteiger partial charge in [0.05, 0.1) is 6.04 Å². The molecule has 14 heavy (non-hydrogen) atoms. The zero-order valence-corrected chi connectivity index (χ0v) is 8.69. The van der Waals surface area contributed by atoms with E-state index in [1.54, 1.807) is 18.2 Å². The molecule has 3 nitrogen and oxygen atoms in total. The lowest BCUT2D eigenvalue weighted by Crippen LogP contribution is -2.21. The molecular formula is C9H8Cl2N2O. The van der Waals surface area contributed by atoms with Gasteiger partial charge in [-0.25, -0.2) is 4.79 Å². The number of nitrogens with one attached hydrogen (secondary N) is 2. The molecule has 0 bridgehead atoms. The number of amides is 2. The van der Waals surface area contributed by atoms with Gasteiger partial charge >= 0.3 is 6.03 Å². The highest BCUT2D eigenvalue weighted by atomic mass is 35.5. The van der Waals surface area contributed by atoms with Crippen molar-refractivity contribution in [3.05, 3.63) is 33.8 Å². The van der Waals surface area contributed by atoms with Crippen molar-refractivity contribution >= 4 is 29.2 Å². The minimum absolute atomic E-state index is 0.135. The second-order valence-electron chi connectivity index (χ2n) is 3.04. The van der Waals surface area contributed by atoms with E-state index in [9.17, 15) is 4.79 Å². The maximum absolute atomic E-state index is 10.9. The summed E-state index contributed by atoms with van der Waals surface area (Å²) in [5, 5.41) is 6.54. The first-order chi connectivity index (χ1) is 6.68. The Balaban J connectivity index is 2.36. The molecule has 1 aliphatic heterocycles. The zero-order chi connectivity index (χ0) is 10.1. The molecule has 2 N–H and O–H groups in total. The number of carbonyl (C=O) groups is 1. The number of benzene rings is 1. The second kappa shape index (κ2) is 3.67. The summed E-state index contributed by atoms with van der Waals surface area (Å²) in [4.78, 5) is 10.9. The van der Waals surface area contributed by atoms with Crippen molar-refractivity contribution < 1.29 is 4.79 Å². The minimum atomic E-state index is -0.189. The summed E-state index contributed by atoms with van der Waals surface area (Å²) in [5.74, 6) is 0. The molecule has 1 fully saturated rings. The number of carbonyl (C=O) groups excluding carboxylic acids is 1. The van der Waals surface area contributed by atoms with E-state index in [1.165, 1.54) is 0 Å².